The van der Waals surface area contributed by atoms with Crippen molar-refractivity contribution in [1.82, 2.24) is 0 Å². The Bertz CT molecular complexity index is 175. The van der Waals surface area contributed by atoms with Crippen LogP contribution in [0, 0.1) is 0 Å². The molecule has 0 radical (unpaired) electrons. The van der Waals surface area contributed by atoms with Gasteiger partial charge in [0.05, 0.1) is 0 Å². The summed E-state index contributed by atoms with van der Waals surface area (Å²) in [6, 6.07) is 0. The third kappa shape index (κ3) is 2.18. The second-order valence-corrected chi connectivity index (χ2v) is 2.36. The lowest BCUT2D eigenvalue weighted by Gasteiger charge is -2.01. The van der Waals surface area contributed by atoms with E-state index in [1.165, 1.54) is 5.70 Å². The molecule has 1 heterocycles. The molecule has 0 aromatic heterocycles. The maximum Gasteiger partial charge on any atom is 0.0397 e. The largest absolute Gasteiger partial charge is 0.266 e. The molecule has 0 atom stereocenters. The highest BCUT2D eigenvalue weighted by Gasteiger charge is 1.93. The summed E-state index contributed by atoms with van der Waals surface area (Å²) in [5, 5.41) is 0. The van der Waals surface area contributed by atoms with Crippen LogP contribution in [0.2, 0.25) is 0 Å². The van der Waals surface area contributed by atoms with Crippen molar-refractivity contribution in [2.45, 2.75) is 26.2 Å². The molecular weight excluding hydrogens is 122 g/mol. The molecule has 0 saturated carbocycles. The minimum absolute atomic E-state index is 0.993. The molecule has 1 heteroatoms. The molecule has 0 spiro atoms. The average molecular weight is 135 g/mol. The van der Waals surface area contributed by atoms with Crippen LogP contribution in [0.1, 0.15) is 26.2 Å². The normalized spacial score (nSPS) is 17.9. The van der Waals surface area contributed by atoms with Gasteiger partial charge in [-0.05, 0) is 19.8 Å². The van der Waals surface area contributed by atoms with Crippen LogP contribution in [-0.2, 0) is 0 Å². The second-order valence-electron chi connectivity index (χ2n) is 2.36. The highest BCUT2D eigenvalue weighted by Crippen LogP contribution is 2.10. The smallest absolute Gasteiger partial charge is 0.0397 e. The molecule has 0 fully saturated rings. The number of rotatable bonds is 2. The molecule has 0 unspecified atom stereocenters. The summed E-state index contributed by atoms with van der Waals surface area (Å²) >= 11 is 0. The first kappa shape index (κ1) is 7.26. The van der Waals surface area contributed by atoms with E-state index in [4.69, 9.17) is 0 Å². The van der Waals surface area contributed by atoms with E-state index in [0.29, 0.717) is 0 Å². The van der Waals surface area contributed by atoms with Crippen molar-refractivity contribution in [3.05, 3.63) is 23.9 Å². The average Bonchev–Trinajstić information content (AvgIpc) is 2.03. The van der Waals surface area contributed by atoms with E-state index >= 15 is 0 Å². The summed E-state index contributed by atoms with van der Waals surface area (Å²) in [4.78, 5) is 4.25. The van der Waals surface area contributed by atoms with Crippen LogP contribution in [0.25, 0.3) is 0 Å². The molecule has 1 rings (SSSR count). The van der Waals surface area contributed by atoms with E-state index in [-0.39, 0.29) is 0 Å². The third-order valence-corrected chi connectivity index (χ3v) is 1.50. The second kappa shape index (κ2) is 4.04. The lowest BCUT2D eigenvalue weighted by molar-refractivity contribution is 1.01. The SMILES string of the molecule is C/C=C\CC1=CCCC=N1. The van der Waals surface area contributed by atoms with E-state index < -0.39 is 0 Å². The molecular formula is C9H13N. The first-order valence-corrected chi connectivity index (χ1v) is 3.76. The fourth-order valence-electron chi connectivity index (χ4n) is 0.934. The van der Waals surface area contributed by atoms with Crippen molar-refractivity contribution in [1.29, 1.82) is 0 Å². The van der Waals surface area contributed by atoms with Gasteiger partial charge in [-0.2, -0.15) is 0 Å². The zero-order valence-corrected chi connectivity index (χ0v) is 6.38. The summed E-state index contributed by atoms with van der Waals surface area (Å²) in [5.41, 5.74) is 1.21. The molecule has 1 aliphatic rings. The lowest BCUT2D eigenvalue weighted by atomic mass is 10.2. The Morgan fingerprint density at radius 2 is 2.50 bits per heavy atom. The molecule has 0 amide bonds. The maximum absolute atomic E-state index is 4.25. The molecule has 0 N–H and O–H groups in total. The minimum Gasteiger partial charge on any atom is -0.266 e. The summed E-state index contributed by atoms with van der Waals surface area (Å²) in [7, 11) is 0. The van der Waals surface area contributed by atoms with Crippen LogP contribution >= 0.6 is 0 Å². The summed E-state index contributed by atoms with van der Waals surface area (Å²) in [5.74, 6) is 0. The van der Waals surface area contributed by atoms with Crippen molar-refractivity contribution in [2.24, 2.45) is 4.99 Å². The molecule has 0 aromatic carbocycles. The van der Waals surface area contributed by atoms with Crippen LogP contribution in [0.15, 0.2) is 28.9 Å². The van der Waals surface area contributed by atoms with Crippen LogP contribution in [0.3, 0.4) is 0 Å². The van der Waals surface area contributed by atoms with Crippen molar-refractivity contribution < 1.29 is 0 Å². The van der Waals surface area contributed by atoms with Gasteiger partial charge in [-0.25, -0.2) is 0 Å². The van der Waals surface area contributed by atoms with Gasteiger partial charge in [-0.3, -0.25) is 4.99 Å². The van der Waals surface area contributed by atoms with Crippen LogP contribution in [0.4, 0.5) is 0 Å². The molecule has 54 valence electrons. The van der Waals surface area contributed by atoms with Crippen molar-refractivity contribution >= 4 is 6.21 Å². The maximum atomic E-state index is 4.25. The van der Waals surface area contributed by atoms with Crippen molar-refractivity contribution in [3.63, 3.8) is 0 Å². The first-order chi connectivity index (χ1) is 4.93. The van der Waals surface area contributed by atoms with Gasteiger partial charge < -0.3 is 0 Å². The Labute approximate surface area is 62.2 Å². The Morgan fingerprint density at radius 3 is 3.10 bits per heavy atom. The van der Waals surface area contributed by atoms with Gasteiger partial charge >= 0.3 is 0 Å². The molecule has 1 nitrogen and oxygen atoms in total. The zero-order valence-electron chi connectivity index (χ0n) is 6.38. The highest BCUT2D eigenvalue weighted by atomic mass is 14.7. The number of hydrogen-bond donors (Lipinski definition) is 0. The topological polar surface area (TPSA) is 12.4 Å². The Kier molecular flexibility index (Phi) is 2.94. The quantitative estimate of drug-likeness (QED) is 0.516. The molecule has 0 aliphatic carbocycles. The molecule has 0 aromatic rings. The number of hydrogen-bond acceptors (Lipinski definition) is 1. The van der Waals surface area contributed by atoms with E-state index in [1.54, 1.807) is 0 Å². The predicted octanol–water partition coefficient (Wildman–Crippen LogP) is 2.70. The van der Waals surface area contributed by atoms with Gasteiger partial charge in [0.1, 0.15) is 0 Å². The van der Waals surface area contributed by atoms with Gasteiger partial charge in [0.15, 0.2) is 0 Å². The van der Waals surface area contributed by atoms with Crippen molar-refractivity contribution in [3.8, 4) is 0 Å². The minimum atomic E-state index is 0.993. The number of nitrogens with zero attached hydrogens (tertiary/aromatic N) is 1. The number of allylic oxidation sites excluding steroid dienone is 3. The summed E-state index contributed by atoms with van der Waals surface area (Å²) in [6.45, 7) is 2.03. The lowest BCUT2D eigenvalue weighted by Crippen LogP contribution is -1.86. The molecule has 10 heavy (non-hydrogen) atoms. The fourth-order valence-corrected chi connectivity index (χ4v) is 0.934. The van der Waals surface area contributed by atoms with Gasteiger partial charge in [0.2, 0.25) is 0 Å². The first-order valence-electron chi connectivity index (χ1n) is 3.76. The highest BCUT2D eigenvalue weighted by molar-refractivity contribution is 5.60. The Morgan fingerprint density at radius 1 is 1.60 bits per heavy atom. The van der Waals surface area contributed by atoms with Crippen LogP contribution in [0.5, 0.6) is 0 Å². The van der Waals surface area contributed by atoms with E-state index in [0.717, 1.165) is 19.3 Å². The van der Waals surface area contributed by atoms with E-state index in [1.807, 2.05) is 13.1 Å². The molecule has 1 aliphatic heterocycles. The summed E-state index contributed by atoms with van der Waals surface area (Å²) in [6.07, 6.45) is 11.7. The standard InChI is InChI=1S/C9H13N/c1-2-3-6-9-7-4-5-8-10-9/h2-3,7-8H,4-6H2,1H3/b3-2-. The summed E-state index contributed by atoms with van der Waals surface area (Å²) < 4.78 is 0. The molecule has 0 saturated heterocycles. The van der Waals surface area contributed by atoms with Gasteiger partial charge in [-0.15, -0.1) is 0 Å². The predicted molar refractivity (Wildman–Crippen MR) is 45.2 cm³/mol. The van der Waals surface area contributed by atoms with Crippen LogP contribution in [-0.4, -0.2) is 6.21 Å². The van der Waals surface area contributed by atoms with Gasteiger partial charge in [-0.1, -0.05) is 18.2 Å². The third-order valence-electron chi connectivity index (χ3n) is 1.50. The van der Waals surface area contributed by atoms with Crippen LogP contribution < -0.4 is 0 Å². The van der Waals surface area contributed by atoms with E-state index in [9.17, 15) is 0 Å². The van der Waals surface area contributed by atoms with Crippen molar-refractivity contribution in [2.75, 3.05) is 0 Å². The monoisotopic (exact) mass is 135 g/mol. The van der Waals surface area contributed by atoms with Gasteiger partial charge in [0.25, 0.3) is 0 Å². The van der Waals surface area contributed by atoms with E-state index in [2.05, 4.69) is 23.2 Å². The molecule has 0 bridgehead atoms. The number of aliphatic imine (C=N–C) groups is 1. The zero-order chi connectivity index (χ0) is 7.23. The Balaban J connectivity index is 2.40. The van der Waals surface area contributed by atoms with Gasteiger partial charge in [0, 0.05) is 18.3 Å². The Hall–Kier alpha value is -0.850. The fraction of sp³-hybridized carbons (Fsp3) is 0.444.